The monoisotopic (exact) mass is 418 g/mol. The lowest BCUT2D eigenvalue weighted by Gasteiger charge is -2.21. The number of likely N-dealkylation sites (N-methyl/N-ethyl adjacent to an activating group) is 1. The van der Waals surface area contributed by atoms with E-state index in [9.17, 15) is 0 Å². The zero-order chi connectivity index (χ0) is 16.6. The molecule has 0 radical (unpaired) electrons. The van der Waals surface area contributed by atoms with Gasteiger partial charge in [0, 0.05) is 35.9 Å². The van der Waals surface area contributed by atoms with Crippen LogP contribution in [0.1, 0.15) is 6.92 Å². The quantitative estimate of drug-likeness (QED) is 0.420. The van der Waals surface area contributed by atoms with Crippen molar-refractivity contribution in [1.82, 2.24) is 9.36 Å². The van der Waals surface area contributed by atoms with E-state index in [0.29, 0.717) is 5.13 Å². The second kappa shape index (κ2) is 9.95. The van der Waals surface area contributed by atoms with Crippen molar-refractivity contribution in [3.8, 4) is 0 Å². The zero-order valence-electron chi connectivity index (χ0n) is 13.9. The number of halogens is 1. The fraction of sp³-hybridized carbons (Fsp3) is 0.235. The molecule has 0 saturated carbocycles. The molecule has 0 unspecified atom stereocenters. The molecule has 2 heterocycles. The van der Waals surface area contributed by atoms with Gasteiger partial charge in [-0.05, 0) is 31.2 Å². The Hall–Kier alpha value is -2.19. The van der Waals surface area contributed by atoms with Crippen molar-refractivity contribution in [3.05, 3.63) is 61.2 Å². The van der Waals surface area contributed by atoms with Crippen LogP contribution in [-0.2, 0) is 6.54 Å². The third-order valence-electron chi connectivity index (χ3n) is 3.60. The number of nitrogens with zero attached hydrogens (tertiary/aromatic N) is 6. The van der Waals surface area contributed by atoms with Gasteiger partial charge in [-0.1, -0.05) is 6.07 Å². The van der Waals surface area contributed by atoms with Crippen LogP contribution in [-0.4, -0.2) is 22.4 Å². The van der Waals surface area contributed by atoms with Crippen LogP contribution in [0, 0.1) is 0 Å². The summed E-state index contributed by atoms with van der Waals surface area (Å²) in [6, 6.07) is 14.2. The molecule has 6 nitrogen and oxygen atoms in total. The minimum Gasteiger partial charge on any atom is -1.00 e. The summed E-state index contributed by atoms with van der Waals surface area (Å²) in [6.07, 6.45) is 5.65. The molecule has 0 fully saturated rings. The molecule has 0 saturated heterocycles. The molecule has 0 N–H and O–H groups in total. The van der Waals surface area contributed by atoms with E-state index in [1.54, 1.807) is 0 Å². The topological polar surface area (TPSA) is 57.6 Å². The van der Waals surface area contributed by atoms with Crippen LogP contribution >= 0.6 is 11.5 Å². The number of rotatable bonds is 7. The summed E-state index contributed by atoms with van der Waals surface area (Å²) in [5.41, 5.74) is 1.99. The second-order valence-electron chi connectivity index (χ2n) is 5.13. The Morgan fingerprint density at radius 1 is 1.08 bits per heavy atom. The van der Waals surface area contributed by atoms with Crippen molar-refractivity contribution in [2.45, 2.75) is 13.5 Å². The standard InChI is InChI=1S/C17H19N6S.BrH/c1-2-23(13-12-22-10-4-3-5-11-22)16-8-6-15(7-9-16)20-21-17-18-14-19-24-17;/h3-11,14H,2,12-13H2,1H3;1H/q+1;/p-1. The van der Waals surface area contributed by atoms with Gasteiger partial charge in [-0.2, -0.15) is 4.37 Å². The molecule has 0 bridgehead atoms. The van der Waals surface area contributed by atoms with Crippen molar-refractivity contribution < 1.29 is 21.5 Å². The average Bonchev–Trinajstić information content (AvgIpc) is 3.16. The first kappa shape index (κ1) is 19.1. The van der Waals surface area contributed by atoms with Crippen molar-refractivity contribution in [2.75, 3.05) is 18.0 Å². The average molecular weight is 419 g/mol. The molecule has 3 aromatic rings. The largest absolute Gasteiger partial charge is 1.00 e. The maximum absolute atomic E-state index is 4.18. The van der Waals surface area contributed by atoms with Crippen LogP contribution in [0.3, 0.4) is 0 Å². The van der Waals surface area contributed by atoms with Gasteiger partial charge in [-0.3, -0.25) is 0 Å². The molecule has 0 amide bonds. The van der Waals surface area contributed by atoms with Gasteiger partial charge in [0.15, 0.2) is 18.9 Å². The fourth-order valence-corrected chi connectivity index (χ4v) is 2.69. The molecule has 0 spiro atoms. The first-order chi connectivity index (χ1) is 11.8. The normalized spacial score (nSPS) is 10.6. The Kier molecular flexibility index (Phi) is 7.62. The van der Waals surface area contributed by atoms with E-state index >= 15 is 0 Å². The van der Waals surface area contributed by atoms with Crippen LogP contribution in [0.15, 0.2) is 71.4 Å². The zero-order valence-corrected chi connectivity index (χ0v) is 16.3. The molecule has 0 atom stereocenters. The Morgan fingerprint density at radius 2 is 1.84 bits per heavy atom. The van der Waals surface area contributed by atoms with E-state index in [4.69, 9.17) is 0 Å². The smallest absolute Gasteiger partial charge is 0.249 e. The summed E-state index contributed by atoms with van der Waals surface area (Å²) in [4.78, 5) is 6.32. The van der Waals surface area contributed by atoms with Crippen LogP contribution < -0.4 is 26.4 Å². The van der Waals surface area contributed by atoms with Crippen LogP contribution in [0.5, 0.6) is 0 Å². The van der Waals surface area contributed by atoms with Gasteiger partial charge in [0.2, 0.25) is 5.13 Å². The van der Waals surface area contributed by atoms with E-state index in [2.05, 4.69) is 60.5 Å². The number of azo groups is 1. The number of benzene rings is 1. The third-order valence-corrected chi connectivity index (χ3v) is 4.15. The van der Waals surface area contributed by atoms with E-state index < -0.39 is 0 Å². The van der Waals surface area contributed by atoms with Gasteiger partial charge in [0.25, 0.3) is 0 Å². The van der Waals surface area contributed by atoms with E-state index in [1.807, 2.05) is 30.3 Å². The van der Waals surface area contributed by atoms with Crippen molar-refractivity contribution in [3.63, 3.8) is 0 Å². The van der Waals surface area contributed by atoms with E-state index in [1.165, 1.54) is 23.5 Å². The lowest BCUT2D eigenvalue weighted by molar-refractivity contribution is -0.694. The molecular weight excluding hydrogens is 400 g/mol. The highest BCUT2D eigenvalue weighted by molar-refractivity contribution is 7.09. The van der Waals surface area contributed by atoms with Gasteiger partial charge in [0.05, 0.1) is 12.2 Å². The Labute approximate surface area is 161 Å². The van der Waals surface area contributed by atoms with E-state index in [-0.39, 0.29) is 17.0 Å². The summed E-state index contributed by atoms with van der Waals surface area (Å²) < 4.78 is 6.08. The molecule has 3 rings (SSSR count). The maximum Gasteiger partial charge on any atom is 0.249 e. The van der Waals surface area contributed by atoms with Gasteiger partial charge in [-0.15, -0.1) is 10.2 Å². The number of aromatic nitrogens is 3. The highest BCUT2D eigenvalue weighted by Gasteiger charge is 2.07. The van der Waals surface area contributed by atoms with Gasteiger partial charge < -0.3 is 21.9 Å². The molecule has 130 valence electrons. The summed E-state index contributed by atoms with van der Waals surface area (Å²) in [7, 11) is 0. The number of hydrogen-bond donors (Lipinski definition) is 0. The fourth-order valence-electron chi connectivity index (χ4n) is 2.33. The lowest BCUT2D eigenvalue weighted by Crippen LogP contribution is -3.00. The van der Waals surface area contributed by atoms with Crippen LogP contribution in [0.25, 0.3) is 0 Å². The van der Waals surface area contributed by atoms with Crippen LogP contribution in [0.4, 0.5) is 16.5 Å². The van der Waals surface area contributed by atoms with Gasteiger partial charge >= 0.3 is 0 Å². The maximum atomic E-state index is 4.18. The predicted molar refractivity (Wildman–Crippen MR) is 95.1 cm³/mol. The second-order valence-corrected chi connectivity index (χ2v) is 5.89. The van der Waals surface area contributed by atoms with Crippen molar-refractivity contribution in [2.24, 2.45) is 10.2 Å². The Balaban J connectivity index is 0.00000225. The number of pyridine rings is 1. The first-order valence-electron chi connectivity index (χ1n) is 7.82. The molecule has 0 aliphatic heterocycles. The Morgan fingerprint density at radius 3 is 2.48 bits per heavy atom. The molecule has 25 heavy (non-hydrogen) atoms. The molecule has 8 heteroatoms. The summed E-state index contributed by atoms with van der Waals surface area (Å²) in [5, 5.41) is 8.80. The molecule has 2 aromatic heterocycles. The van der Waals surface area contributed by atoms with Crippen molar-refractivity contribution in [1.29, 1.82) is 0 Å². The lowest BCUT2D eigenvalue weighted by atomic mass is 10.2. The minimum absolute atomic E-state index is 0. The summed E-state index contributed by atoms with van der Waals surface area (Å²) >= 11 is 1.23. The Bertz CT molecular complexity index is 762. The highest BCUT2D eigenvalue weighted by Crippen LogP contribution is 2.22. The summed E-state index contributed by atoms with van der Waals surface area (Å²) in [5.74, 6) is 0. The number of anilines is 1. The molecular formula is C17H19BrN6S. The molecule has 0 aliphatic carbocycles. The summed E-state index contributed by atoms with van der Waals surface area (Å²) in [6.45, 7) is 5.03. The van der Waals surface area contributed by atoms with Gasteiger partial charge in [0.1, 0.15) is 6.33 Å². The molecule has 1 aromatic carbocycles. The minimum atomic E-state index is 0. The SMILES string of the molecule is CCN(CC[n+]1ccccc1)c1ccc(N=Nc2ncns2)cc1.[Br-]. The van der Waals surface area contributed by atoms with Crippen molar-refractivity contribution >= 4 is 28.0 Å². The van der Waals surface area contributed by atoms with Gasteiger partial charge in [-0.25, -0.2) is 9.55 Å². The van der Waals surface area contributed by atoms with Crippen LogP contribution in [0.2, 0.25) is 0 Å². The predicted octanol–water partition coefficient (Wildman–Crippen LogP) is 0.771. The first-order valence-corrected chi connectivity index (χ1v) is 8.60. The molecule has 0 aliphatic rings. The third kappa shape index (κ3) is 5.68. The van der Waals surface area contributed by atoms with E-state index in [0.717, 1.165) is 25.3 Å². The highest BCUT2D eigenvalue weighted by atomic mass is 79.9. The number of hydrogen-bond acceptors (Lipinski definition) is 6.